The van der Waals surface area contributed by atoms with Crippen LogP contribution in [-0.4, -0.2) is 41.3 Å². The standard InChI is InChI=1S/C12H17F3N4/c13-12(14,15)10-4-5-11(18-17-10)16-6-9-19-7-2-1-3-8-19/h4-5H,1-3,6-9H2,(H,16,18). The second kappa shape index (κ2) is 6.18. The lowest BCUT2D eigenvalue weighted by Crippen LogP contribution is -2.33. The van der Waals surface area contributed by atoms with E-state index >= 15 is 0 Å². The fourth-order valence-electron chi connectivity index (χ4n) is 2.10. The van der Waals surface area contributed by atoms with Gasteiger partial charge in [-0.2, -0.15) is 13.2 Å². The maximum atomic E-state index is 12.3. The topological polar surface area (TPSA) is 41.0 Å². The Balaban J connectivity index is 1.76. The van der Waals surface area contributed by atoms with E-state index in [2.05, 4.69) is 20.4 Å². The first kappa shape index (κ1) is 14.0. The predicted molar refractivity (Wildman–Crippen MR) is 65.8 cm³/mol. The molecule has 4 nitrogen and oxygen atoms in total. The average Bonchev–Trinajstić information content (AvgIpc) is 2.39. The van der Waals surface area contributed by atoms with Crippen molar-refractivity contribution in [3.8, 4) is 0 Å². The molecule has 106 valence electrons. The molecule has 0 bridgehead atoms. The third kappa shape index (κ3) is 4.34. The Labute approximate surface area is 110 Å². The van der Waals surface area contributed by atoms with Crippen molar-refractivity contribution in [2.24, 2.45) is 0 Å². The van der Waals surface area contributed by atoms with Gasteiger partial charge in [0.15, 0.2) is 5.69 Å². The zero-order valence-corrected chi connectivity index (χ0v) is 10.6. The predicted octanol–water partition coefficient (Wildman–Crippen LogP) is 2.39. The quantitative estimate of drug-likeness (QED) is 0.915. The molecule has 1 fully saturated rings. The number of nitrogens with one attached hydrogen (secondary N) is 1. The van der Waals surface area contributed by atoms with Crippen molar-refractivity contribution in [2.45, 2.75) is 25.4 Å². The summed E-state index contributed by atoms with van der Waals surface area (Å²) < 4.78 is 36.9. The SMILES string of the molecule is FC(F)(F)c1ccc(NCCN2CCCCC2)nn1. The van der Waals surface area contributed by atoms with Crippen molar-refractivity contribution < 1.29 is 13.2 Å². The first-order chi connectivity index (χ1) is 9.05. The number of anilines is 1. The van der Waals surface area contributed by atoms with Crippen molar-refractivity contribution in [3.05, 3.63) is 17.8 Å². The van der Waals surface area contributed by atoms with Crippen molar-refractivity contribution in [1.29, 1.82) is 0 Å². The van der Waals surface area contributed by atoms with Gasteiger partial charge in [0, 0.05) is 13.1 Å². The molecule has 0 atom stereocenters. The zero-order valence-electron chi connectivity index (χ0n) is 10.6. The number of hydrogen-bond donors (Lipinski definition) is 1. The second-order valence-corrected chi connectivity index (χ2v) is 4.63. The summed E-state index contributed by atoms with van der Waals surface area (Å²) in [7, 11) is 0. The van der Waals surface area contributed by atoms with Crippen LogP contribution in [0, 0.1) is 0 Å². The summed E-state index contributed by atoms with van der Waals surface area (Å²) in [5.74, 6) is 0.380. The van der Waals surface area contributed by atoms with Crippen LogP contribution in [-0.2, 0) is 6.18 Å². The Morgan fingerprint density at radius 3 is 2.42 bits per heavy atom. The molecule has 1 N–H and O–H groups in total. The highest BCUT2D eigenvalue weighted by Crippen LogP contribution is 2.26. The van der Waals surface area contributed by atoms with E-state index in [0.717, 1.165) is 25.7 Å². The molecule has 1 aromatic rings. The summed E-state index contributed by atoms with van der Waals surface area (Å²) >= 11 is 0. The number of nitrogens with zero attached hydrogens (tertiary/aromatic N) is 3. The van der Waals surface area contributed by atoms with Crippen LogP contribution in [0.4, 0.5) is 19.0 Å². The first-order valence-electron chi connectivity index (χ1n) is 6.43. The highest BCUT2D eigenvalue weighted by Gasteiger charge is 2.32. The fraction of sp³-hybridized carbons (Fsp3) is 0.667. The van der Waals surface area contributed by atoms with Gasteiger partial charge in [-0.25, -0.2) is 0 Å². The van der Waals surface area contributed by atoms with Gasteiger partial charge in [-0.15, -0.1) is 10.2 Å². The van der Waals surface area contributed by atoms with Crippen molar-refractivity contribution >= 4 is 5.82 Å². The van der Waals surface area contributed by atoms with Crippen molar-refractivity contribution in [2.75, 3.05) is 31.5 Å². The average molecular weight is 274 g/mol. The molecule has 2 heterocycles. The molecule has 1 aliphatic rings. The van der Waals surface area contributed by atoms with Crippen LogP contribution in [0.5, 0.6) is 0 Å². The minimum atomic E-state index is -4.43. The van der Waals surface area contributed by atoms with E-state index in [1.165, 1.54) is 25.3 Å². The molecule has 7 heteroatoms. The van der Waals surface area contributed by atoms with Crippen LogP contribution in [0.2, 0.25) is 0 Å². The highest BCUT2D eigenvalue weighted by atomic mass is 19.4. The lowest BCUT2D eigenvalue weighted by molar-refractivity contribution is -0.141. The van der Waals surface area contributed by atoms with Gasteiger partial charge in [-0.05, 0) is 38.1 Å². The summed E-state index contributed by atoms with van der Waals surface area (Å²) in [4.78, 5) is 2.34. The molecule has 0 amide bonds. The third-order valence-electron chi connectivity index (χ3n) is 3.14. The molecule has 1 aromatic heterocycles. The maximum absolute atomic E-state index is 12.3. The van der Waals surface area contributed by atoms with Crippen LogP contribution in [0.3, 0.4) is 0 Å². The number of rotatable bonds is 4. The van der Waals surface area contributed by atoms with E-state index in [4.69, 9.17) is 0 Å². The Morgan fingerprint density at radius 2 is 1.84 bits per heavy atom. The minimum Gasteiger partial charge on any atom is -0.367 e. The number of likely N-dealkylation sites (tertiary alicyclic amines) is 1. The number of hydrogen-bond acceptors (Lipinski definition) is 4. The van der Waals surface area contributed by atoms with Gasteiger partial charge in [0.25, 0.3) is 0 Å². The zero-order chi connectivity index (χ0) is 13.7. The molecule has 19 heavy (non-hydrogen) atoms. The highest BCUT2D eigenvalue weighted by molar-refractivity contribution is 5.33. The first-order valence-corrected chi connectivity index (χ1v) is 6.43. The van der Waals surface area contributed by atoms with Gasteiger partial charge in [0.1, 0.15) is 5.82 Å². The van der Waals surface area contributed by atoms with E-state index in [1.807, 2.05) is 0 Å². The van der Waals surface area contributed by atoms with E-state index < -0.39 is 11.9 Å². The smallest absolute Gasteiger partial charge is 0.367 e. The summed E-state index contributed by atoms with van der Waals surface area (Å²) in [5, 5.41) is 9.68. The molecule has 0 radical (unpaired) electrons. The fourth-order valence-corrected chi connectivity index (χ4v) is 2.10. The van der Waals surface area contributed by atoms with Gasteiger partial charge in [0.05, 0.1) is 0 Å². The van der Waals surface area contributed by atoms with Crippen LogP contribution in [0.1, 0.15) is 25.0 Å². The molecule has 0 unspecified atom stereocenters. The number of aromatic nitrogens is 2. The van der Waals surface area contributed by atoms with E-state index in [-0.39, 0.29) is 0 Å². The van der Waals surface area contributed by atoms with Crippen LogP contribution in [0.15, 0.2) is 12.1 Å². The number of halogens is 3. The summed E-state index contributed by atoms with van der Waals surface area (Å²) in [6, 6.07) is 2.25. The molecule has 0 saturated carbocycles. The van der Waals surface area contributed by atoms with Gasteiger partial charge < -0.3 is 10.2 Å². The minimum absolute atomic E-state index is 0.380. The van der Waals surface area contributed by atoms with Crippen LogP contribution >= 0.6 is 0 Å². The van der Waals surface area contributed by atoms with Crippen molar-refractivity contribution in [3.63, 3.8) is 0 Å². The monoisotopic (exact) mass is 274 g/mol. The van der Waals surface area contributed by atoms with E-state index in [0.29, 0.717) is 12.4 Å². The van der Waals surface area contributed by atoms with Gasteiger partial charge in [-0.3, -0.25) is 0 Å². The molecular formula is C12H17F3N4. The van der Waals surface area contributed by atoms with E-state index in [1.54, 1.807) is 0 Å². The summed E-state index contributed by atoms with van der Waals surface area (Å²) in [5.41, 5.74) is -0.964. The van der Waals surface area contributed by atoms with Gasteiger partial charge in [0.2, 0.25) is 0 Å². The van der Waals surface area contributed by atoms with Gasteiger partial charge >= 0.3 is 6.18 Å². The lowest BCUT2D eigenvalue weighted by atomic mass is 10.1. The molecule has 0 aliphatic carbocycles. The largest absolute Gasteiger partial charge is 0.435 e. The molecule has 0 spiro atoms. The van der Waals surface area contributed by atoms with Crippen molar-refractivity contribution in [1.82, 2.24) is 15.1 Å². The lowest BCUT2D eigenvalue weighted by Gasteiger charge is -2.26. The normalized spacial score (nSPS) is 17.4. The van der Waals surface area contributed by atoms with E-state index in [9.17, 15) is 13.2 Å². The van der Waals surface area contributed by atoms with Crippen LogP contribution < -0.4 is 5.32 Å². The number of piperidine rings is 1. The molecule has 1 aliphatic heterocycles. The Morgan fingerprint density at radius 1 is 1.11 bits per heavy atom. The molecular weight excluding hydrogens is 257 g/mol. The van der Waals surface area contributed by atoms with Gasteiger partial charge in [-0.1, -0.05) is 6.42 Å². The Kier molecular flexibility index (Phi) is 4.57. The second-order valence-electron chi connectivity index (χ2n) is 4.63. The summed E-state index contributed by atoms with van der Waals surface area (Å²) in [6.45, 7) is 3.74. The molecule has 0 aromatic carbocycles. The number of alkyl halides is 3. The maximum Gasteiger partial charge on any atom is 0.435 e. The van der Waals surface area contributed by atoms with Crippen LogP contribution in [0.25, 0.3) is 0 Å². The Hall–Kier alpha value is -1.37. The molecule has 1 saturated heterocycles. The summed E-state index contributed by atoms with van der Waals surface area (Å²) in [6.07, 6.45) is -0.701. The third-order valence-corrected chi connectivity index (χ3v) is 3.14. The molecule has 2 rings (SSSR count). The Bertz CT molecular complexity index is 385.